The molecular weight excluding hydrogens is 296 g/mol. The first-order valence-corrected chi connectivity index (χ1v) is 8.58. The van der Waals surface area contributed by atoms with Gasteiger partial charge in [-0.2, -0.15) is 0 Å². The monoisotopic (exact) mass is 316 g/mol. The standard InChI is InChI=1S/C17H21ClN4/c18-13-5-6-15-16(10-13)19-12-20-17(15)22-9-3-4-14(11-22)21-7-1-2-8-21/h5-6,10,12,14H,1-4,7-9,11H2. The molecule has 1 aromatic heterocycles. The predicted octanol–water partition coefficient (Wildman–Crippen LogP) is 3.35. The van der Waals surface area contributed by atoms with Crippen LogP contribution in [0.1, 0.15) is 25.7 Å². The van der Waals surface area contributed by atoms with E-state index in [9.17, 15) is 0 Å². The lowest BCUT2D eigenvalue weighted by Gasteiger charge is -2.38. The van der Waals surface area contributed by atoms with E-state index < -0.39 is 0 Å². The van der Waals surface area contributed by atoms with E-state index in [1.165, 1.54) is 38.8 Å². The molecule has 2 fully saturated rings. The molecule has 2 aliphatic heterocycles. The van der Waals surface area contributed by atoms with Crippen molar-refractivity contribution in [1.82, 2.24) is 14.9 Å². The first kappa shape index (κ1) is 14.2. The van der Waals surface area contributed by atoms with Gasteiger partial charge in [-0.05, 0) is 57.0 Å². The average Bonchev–Trinajstić information content (AvgIpc) is 3.08. The number of halogens is 1. The topological polar surface area (TPSA) is 32.3 Å². The Bertz CT molecular complexity index is 669. The number of hydrogen-bond donors (Lipinski definition) is 0. The third kappa shape index (κ3) is 2.66. The number of nitrogens with zero attached hydrogens (tertiary/aromatic N) is 4. The second kappa shape index (κ2) is 6.01. The lowest BCUT2D eigenvalue weighted by molar-refractivity contribution is 0.215. The van der Waals surface area contributed by atoms with Crippen molar-refractivity contribution < 1.29 is 0 Å². The van der Waals surface area contributed by atoms with E-state index in [1.54, 1.807) is 6.33 Å². The van der Waals surface area contributed by atoms with E-state index in [0.29, 0.717) is 6.04 Å². The summed E-state index contributed by atoms with van der Waals surface area (Å²) in [5.41, 5.74) is 0.931. The van der Waals surface area contributed by atoms with Crippen molar-refractivity contribution in [1.29, 1.82) is 0 Å². The van der Waals surface area contributed by atoms with E-state index >= 15 is 0 Å². The summed E-state index contributed by atoms with van der Waals surface area (Å²) in [6.07, 6.45) is 6.91. The highest BCUT2D eigenvalue weighted by molar-refractivity contribution is 6.31. The summed E-state index contributed by atoms with van der Waals surface area (Å²) in [6, 6.07) is 6.57. The van der Waals surface area contributed by atoms with Crippen LogP contribution in [-0.2, 0) is 0 Å². The van der Waals surface area contributed by atoms with Crippen LogP contribution in [0.2, 0.25) is 5.02 Å². The summed E-state index contributed by atoms with van der Waals surface area (Å²) in [7, 11) is 0. The van der Waals surface area contributed by atoms with E-state index in [0.717, 1.165) is 34.8 Å². The number of likely N-dealkylation sites (tertiary alicyclic amines) is 1. The predicted molar refractivity (Wildman–Crippen MR) is 90.6 cm³/mol. The Labute approximate surface area is 136 Å². The average molecular weight is 317 g/mol. The number of aromatic nitrogens is 2. The largest absolute Gasteiger partial charge is 0.354 e. The normalized spacial score (nSPS) is 23.3. The third-order valence-corrected chi connectivity index (χ3v) is 5.17. The first-order valence-electron chi connectivity index (χ1n) is 8.20. The number of fused-ring (bicyclic) bond motifs is 1. The van der Waals surface area contributed by atoms with Gasteiger partial charge in [0.2, 0.25) is 0 Å². The molecule has 2 aromatic rings. The van der Waals surface area contributed by atoms with Gasteiger partial charge in [0.1, 0.15) is 12.1 Å². The quantitative estimate of drug-likeness (QED) is 0.850. The van der Waals surface area contributed by atoms with Gasteiger partial charge in [0, 0.05) is 29.5 Å². The molecular formula is C17H21ClN4. The van der Waals surface area contributed by atoms with Crippen LogP contribution in [0.5, 0.6) is 0 Å². The smallest absolute Gasteiger partial charge is 0.139 e. The van der Waals surface area contributed by atoms with Crippen LogP contribution >= 0.6 is 11.6 Å². The summed E-state index contributed by atoms with van der Waals surface area (Å²) in [5.74, 6) is 1.06. The molecule has 0 bridgehead atoms. The highest BCUT2D eigenvalue weighted by Crippen LogP contribution is 2.29. The molecule has 5 heteroatoms. The fraction of sp³-hybridized carbons (Fsp3) is 0.529. The Balaban J connectivity index is 1.63. The van der Waals surface area contributed by atoms with E-state index in [1.807, 2.05) is 18.2 Å². The highest BCUT2D eigenvalue weighted by Gasteiger charge is 2.28. The molecule has 1 unspecified atom stereocenters. The molecule has 2 saturated heterocycles. The van der Waals surface area contributed by atoms with E-state index in [-0.39, 0.29) is 0 Å². The van der Waals surface area contributed by atoms with Gasteiger partial charge >= 0.3 is 0 Å². The van der Waals surface area contributed by atoms with Crippen LogP contribution in [0.4, 0.5) is 5.82 Å². The summed E-state index contributed by atoms with van der Waals surface area (Å²) in [6.45, 7) is 4.69. The second-order valence-electron chi connectivity index (χ2n) is 6.34. The van der Waals surface area contributed by atoms with Crippen molar-refractivity contribution in [2.24, 2.45) is 0 Å². The second-order valence-corrected chi connectivity index (χ2v) is 6.78. The molecule has 0 saturated carbocycles. The van der Waals surface area contributed by atoms with Crippen LogP contribution in [0.15, 0.2) is 24.5 Å². The van der Waals surface area contributed by atoms with Gasteiger partial charge in [0.25, 0.3) is 0 Å². The highest BCUT2D eigenvalue weighted by atomic mass is 35.5. The molecule has 0 radical (unpaired) electrons. The minimum Gasteiger partial charge on any atom is -0.354 e. The van der Waals surface area contributed by atoms with Crippen molar-refractivity contribution in [3.05, 3.63) is 29.5 Å². The van der Waals surface area contributed by atoms with Crippen molar-refractivity contribution in [2.75, 3.05) is 31.1 Å². The van der Waals surface area contributed by atoms with Crippen molar-refractivity contribution in [3.63, 3.8) is 0 Å². The lowest BCUT2D eigenvalue weighted by Crippen LogP contribution is -2.47. The maximum atomic E-state index is 6.09. The summed E-state index contributed by atoms with van der Waals surface area (Å²) in [5, 5.41) is 1.83. The number of piperidine rings is 1. The van der Waals surface area contributed by atoms with Crippen LogP contribution in [-0.4, -0.2) is 47.1 Å². The Hall–Kier alpha value is -1.39. The fourth-order valence-electron chi connectivity index (χ4n) is 3.82. The number of rotatable bonds is 2. The van der Waals surface area contributed by atoms with Gasteiger partial charge in [-0.25, -0.2) is 9.97 Å². The van der Waals surface area contributed by atoms with Gasteiger partial charge in [-0.15, -0.1) is 0 Å². The Morgan fingerprint density at radius 2 is 1.91 bits per heavy atom. The van der Waals surface area contributed by atoms with Gasteiger partial charge in [-0.3, -0.25) is 4.90 Å². The maximum Gasteiger partial charge on any atom is 0.139 e. The molecule has 116 valence electrons. The lowest BCUT2D eigenvalue weighted by atomic mass is 10.0. The molecule has 0 amide bonds. The van der Waals surface area contributed by atoms with Crippen LogP contribution < -0.4 is 4.90 Å². The van der Waals surface area contributed by atoms with Gasteiger partial charge in [-0.1, -0.05) is 11.6 Å². The molecule has 0 spiro atoms. The van der Waals surface area contributed by atoms with Crippen molar-refractivity contribution in [2.45, 2.75) is 31.7 Å². The summed E-state index contributed by atoms with van der Waals surface area (Å²) in [4.78, 5) is 14.0. The Kier molecular flexibility index (Phi) is 3.89. The molecule has 1 atom stereocenters. The van der Waals surface area contributed by atoms with E-state index in [2.05, 4.69) is 19.8 Å². The number of anilines is 1. The number of benzene rings is 1. The van der Waals surface area contributed by atoms with Crippen LogP contribution in [0.25, 0.3) is 10.9 Å². The van der Waals surface area contributed by atoms with Gasteiger partial charge in [0.05, 0.1) is 5.52 Å². The van der Waals surface area contributed by atoms with E-state index in [4.69, 9.17) is 11.6 Å². The van der Waals surface area contributed by atoms with Gasteiger partial charge < -0.3 is 4.90 Å². The molecule has 22 heavy (non-hydrogen) atoms. The Morgan fingerprint density at radius 1 is 1.05 bits per heavy atom. The summed E-state index contributed by atoms with van der Waals surface area (Å²) < 4.78 is 0. The minimum atomic E-state index is 0.675. The zero-order valence-electron chi connectivity index (χ0n) is 12.7. The molecule has 0 N–H and O–H groups in total. The third-order valence-electron chi connectivity index (χ3n) is 4.93. The van der Waals surface area contributed by atoms with Gasteiger partial charge in [0.15, 0.2) is 0 Å². The van der Waals surface area contributed by atoms with Crippen LogP contribution in [0, 0.1) is 0 Å². The minimum absolute atomic E-state index is 0.675. The number of hydrogen-bond acceptors (Lipinski definition) is 4. The summed E-state index contributed by atoms with van der Waals surface area (Å²) >= 11 is 6.09. The molecule has 2 aliphatic rings. The molecule has 1 aromatic carbocycles. The SMILES string of the molecule is Clc1ccc2c(N3CCCC(N4CCCC4)C3)ncnc2c1. The molecule has 4 rings (SSSR count). The molecule has 4 nitrogen and oxygen atoms in total. The molecule has 3 heterocycles. The zero-order chi connectivity index (χ0) is 14.9. The molecule has 0 aliphatic carbocycles. The van der Waals surface area contributed by atoms with Crippen molar-refractivity contribution >= 4 is 28.3 Å². The maximum absolute atomic E-state index is 6.09. The fourth-order valence-corrected chi connectivity index (χ4v) is 3.99. The van der Waals surface area contributed by atoms with Crippen LogP contribution in [0.3, 0.4) is 0 Å². The first-order chi connectivity index (χ1) is 10.8. The van der Waals surface area contributed by atoms with Crippen molar-refractivity contribution in [3.8, 4) is 0 Å². The Morgan fingerprint density at radius 3 is 2.77 bits per heavy atom. The zero-order valence-corrected chi connectivity index (χ0v) is 13.5.